The summed E-state index contributed by atoms with van der Waals surface area (Å²) in [7, 11) is 0. The standard InChI is InChI=1S/C20H19N3O5/c1-12(21)10-15-11-23(20(27)28,17-5-3-2-4-16(15)17)22-18(24)13-6-8-14(9-7-13)19(25)26/h2-9,11-12H,10,21H2,1H3,(H2-,22,24,25,26,27,28)/p+1/t12-,23?/m1/s1. The largest absolute Gasteiger partial charge is 0.549 e. The Balaban J connectivity index is 2.01. The average molecular weight is 382 g/mol. The van der Waals surface area contributed by atoms with Crippen molar-refractivity contribution in [1.29, 1.82) is 0 Å². The summed E-state index contributed by atoms with van der Waals surface area (Å²) in [5.74, 6) is -1.76. The topological polar surface area (TPSA) is 130 Å². The van der Waals surface area contributed by atoms with Crippen molar-refractivity contribution in [3.05, 3.63) is 71.4 Å². The number of hydrogen-bond donors (Lipinski definition) is 4. The molecule has 0 saturated carbocycles. The second kappa shape index (κ2) is 7.26. The number of carboxylic acids is 1. The van der Waals surface area contributed by atoms with Gasteiger partial charge < -0.3 is 15.9 Å². The van der Waals surface area contributed by atoms with Crippen molar-refractivity contribution in [2.45, 2.75) is 19.4 Å². The molecular weight excluding hydrogens is 362 g/mol. The van der Waals surface area contributed by atoms with E-state index in [0.717, 1.165) is 5.57 Å². The maximum absolute atomic E-state index is 12.7. The van der Waals surface area contributed by atoms with Crippen LogP contribution in [0.15, 0.2) is 54.7 Å². The fourth-order valence-electron chi connectivity index (χ4n) is 3.22. The summed E-state index contributed by atoms with van der Waals surface area (Å²) in [6.07, 6.45) is 0.649. The van der Waals surface area contributed by atoms with Crippen LogP contribution in [-0.4, -0.2) is 34.2 Å². The van der Waals surface area contributed by atoms with Gasteiger partial charge in [0.15, 0.2) is 5.69 Å². The van der Waals surface area contributed by atoms with E-state index in [1.807, 2.05) is 6.92 Å². The first-order chi connectivity index (χ1) is 13.2. The van der Waals surface area contributed by atoms with Gasteiger partial charge in [-0.3, -0.25) is 4.79 Å². The number of rotatable bonds is 4. The van der Waals surface area contributed by atoms with Crippen molar-refractivity contribution >= 4 is 29.2 Å². The number of aromatic carboxylic acids is 1. The summed E-state index contributed by atoms with van der Waals surface area (Å²) >= 11 is 0. The molecule has 8 nitrogen and oxygen atoms in total. The molecule has 3 rings (SSSR count). The van der Waals surface area contributed by atoms with Crippen LogP contribution in [0.5, 0.6) is 0 Å². The van der Waals surface area contributed by atoms with E-state index in [-0.39, 0.29) is 17.2 Å². The fraction of sp³-hybridized carbons (Fsp3) is 0.150. The number of nitrogens with zero attached hydrogens (tertiary/aromatic N) is 1. The minimum Gasteiger partial charge on any atom is -0.478 e. The highest BCUT2D eigenvalue weighted by Crippen LogP contribution is 2.41. The van der Waals surface area contributed by atoms with Crippen molar-refractivity contribution in [2.24, 2.45) is 5.73 Å². The molecule has 2 atom stereocenters. The third-order valence-electron chi connectivity index (χ3n) is 4.50. The lowest BCUT2D eigenvalue weighted by atomic mass is 10.0. The summed E-state index contributed by atoms with van der Waals surface area (Å²) in [5.41, 5.74) is 10.5. The van der Waals surface area contributed by atoms with Crippen LogP contribution in [0.25, 0.3) is 5.57 Å². The molecule has 1 unspecified atom stereocenters. The predicted molar refractivity (Wildman–Crippen MR) is 103 cm³/mol. The molecule has 1 heterocycles. The molecule has 2 aromatic carbocycles. The Morgan fingerprint density at radius 3 is 2.21 bits per heavy atom. The third kappa shape index (κ3) is 3.38. The van der Waals surface area contributed by atoms with Gasteiger partial charge in [-0.05, 0) is 43.7 Å². The van der Waals surface area contributed by atoms with Gasteiger partial charge in [0.2, 0.25) is 0 Å². The van der Waals surface area contributed by atoms with Crippen molar-refractivity contribution in [3.8, 4) is 0 Å². The van der Waals surface area contributed by atoms with Gasteiger partial charge in [0.05, 0.1) is 5.56 Å². The lowest BCUT2D eigenvalue weighted by Crippen LogP contribution is -2.60. The number of para-hydroxylation sites is 1. The number of benzene rings is 2. The van der Waals surface area contributed by atoms with Gasteiger partial charge in [-0.1, -0.05) is 16.7 Å². The van der Waals surface area contributed by atoms with Crippen molar-refractivity contribution in [1.82, 2.24) is 10.0 Å². The lowest BCUT2D eigenvalue weighted by Gasteiger charge is -2.25. The first kappa shape index (κ1) is 19.3. The SMILES string of the molecule is C[C@@H](N)CC1=C[N+](NC(=O)c2ccc(C(=O)O)cc2)(C(=O)O)c2ccccc21. The van der Waals surface area contributed by atoms with Crippen molar-refractivity contribution < 1.29 is 24.6 Å². The van der Waals surface area contributed by atoms with Crippen molar-refractivity contribution in [2.75, 3.05) is 0 Å². The number of hydrogen-bond acceptors (Lipinski definition) is 4. The second-order valence-electron chi connectivity index (χ2n) is 6.68. The molecule has 1 aliphatic rings. The van der Waals surface area contributed by atoms with Crippen LogP contribution in [0, 0.1) is 0 Å². The molecule has 0 fully saturated rings. The number of nitrogens with one attached hydrogen (secondary N) is 1. The smallest absolute Gasteiger partial charge is 0.478 e. The molecule has 8 heteroatoms. The molecule has 0 aromatic heterocycles. The molecule has 2 amide bonds. The van der Waals surface area contributed by atoms with Gasteiger partial charge in [0, 0.05) is 28.8 Å². The van der Waals surface area contributed by atoms with E-state index in [2.05, 4.69) is 5.43 Å². The first-order valence-electron chi connectivity index (χ1n) is 8.60. The molecule has 0 saturated heterocycles. The number of quaternary nitrogens is 1. The van der Waals surface area contributed by atoms with Crippen LogP contribution < -0.4 is 15.8 Å². The van der Waals surface area contributed by atoms with Crippen LogP contribution in [-0.2, 0) is 0 Å². The van der Waals surface area contributed by atoms with Gasteiger partial charge in [0.25, 0.3) is 5.91 Å². The van der Waals surface area contributed by atoms with E-state index in [0.29, 0.717) is 17.7 Å². The summed E-state index contributed by atoms with van der Waals surface area (Å²) in [4.78, 5) is 35.9. The second-order valence-corrected chi connectivity index (χ2v) is 6.68. The summed E-state index contributed by atoms with van der Waals surface area (Å²) in [6.45, 7) is 1.82. The fourth-order valence-corrected chi connectivity index (χ4v) is 3.22. The normalized spacial score (nSPS) is 18.7. The Hall–Kier alpha value is -3.49. The number of carboxylic acid groups (broad SMARTS) is 2. The third-order valence-corrected chi connectivity index (χ3v) is 4.50. The van der Waals surface area contributed by atoms with Crippen LogP contribution in [0.1, 0.15) is 39.6 Å². The molecule has 0 spiro atoms. The van der Waals surface area contributed by atoms with E-state index in [9.17, 15) is 19.5 Å². The highest BCUT2D eigenvalue weighted by molar-refractivity contribution is 6.02. The van der Waals surface area contributed by atoms with Gasteiger partial charge in [-0.15, -0.1) is 0 Å². The van der Waals surface area contributed by atoms with Gasteiger partial charge in [-0.2, -0.15) is 10.2 Å². The molecular formula is C20H20N3O5+. The molecule has 144 valence electrons. The van der Waals surface area contributed by atoms with Crippen LogP contribution in [0.3, 0.4) is 0 Å². The Bertz CT molecular complexity index is 982. The van der Waals surface area contributed by atoms with Crippen molar-refractivity contribution in [3.63, 3.8) is 0 Å². The highest BCUT2D eigenvalue weighted by Gasteiger charge is 2.48. The molecule has 28 heavy (non-hydrogen) atoms. The molecule has 2 aromatic rings. The maximum atomic E-state index is 12.7. The monoisotopic (exact) mass is 382 g/mol. The van der Waals surface area contributed by atoms with Gasteiger partial charge in [0.1, 0.15) is 6.20 Å². The quantitative estimate of drug-likeness (QED) is 0.602. The molecule has 5 N–H and O–H groups in total. The lowest BCUT2D eigenvalue weighted by molar-refractivity contribution is 0.0696. The van der Waals surface area contributed by atoms with Crippen LogP contribution in [0.4, 0.5) is 10.5 Å². The zero-order chi connectivity index (χ0) is 20.5. The molecule has 0 radical (unpaired) electrons. The number of carbonyl (C=O) groups is 3. The minimum absolute atomic E-state index is 0.0318. The van der Waals surface area contributed by atoms with E-state index >= 15 is 0 Å². The van der Waals surface area contributed by atoms with E-state index in [1.165, 1.54) is 30.5 Å². The maximum Gasteiger partial charge on any atom is 0.549 e. The Morgan fingerprint density at radius 1 is 1.04 bits per heavy atom. The summed E-state index contributed by atoms with van der Waals surface area (Å²) in [6, 6.07) is 12.0. The zero-order valence-corrected chi connectivity index (χ0v) is 15.1. The Labute approximate surface area is 161 Å². The molecule has 1 aliphatic heterocycles. The highest BCUT2D eigenvalue weighted by atomic mass is 16.4. The van der Waals surface area contributed by atoms with Crippen LogP contribution >= 0.6 is 0 Å². The van der Waals surface area contributed by atoms with E-state index < -0.39 is 22.6 Å². The number of amides is 2. The Kier molecular flexibility index (Phi) is 5.00. The zero-order valence-electron chi connectivity index (χ0n) is 15.1. The number of fused-ring (bicyclic) bond motifs is 1. The average Bonchev–Trinajstić information content (AvgIpc) is 2.96. The molecule has 0 aliphatic carbocycles. The summed E-state index contributed by atoms with van der Waals surface area (Å²) < 4.78 is -0.891. The molecule has 0 bridgehead atoms. The van der Waals surface area contributed by atoms with Crippen LogP contribution in [0.2, 0.25) is 0 Å². The Morgan fingerprint density at radius 2 is 1.64 bits per heavy atom. The van der Waals surface area contributed by atoms with E-state index in [1.54, 1.807) is 24.3 Å². The number of carbonyl (C=O) groups excluding carboxylic acids is 1. The summed E-state index contributed by atoms with van der Waals surface area (Å²) in [5, 5.41) is 18.9. The van der Waals surface area contributed by atoms with E-state index in [4.69, 9.17) is 10.8 Å². The minimum atomic E-state index is -1.28. The number of nitrogens with two attached hydrogens (primary N) is 1. The predicted octanol–water partition coefficient (Wildman–Crippen LogP) is 2.81. The van der Waals surface area contributed by atoms with Gasteiger partial charge in [-0.25, -0.2) is 4.79 Å². The van der Waals surface area contributed by atoms with Gasteiger partial charge >= 0.3 is 12.1 Å². The first-order valence-corrected chi connectivity index (χ1v) is 8.60.